The number of hydrogen-bond acceptors (Lipinski definition) is 5. The van der Waals surface area contributed by atoms with Crippen molar-refractivity contribution < 1.29 is 27.1 Å². The van der Waals surface area contributed by atoms with Gasteiger partial charge in [0.2, 0.25) is 5.89 Å². The molecule has 1 atom stereocenters. The molecule has 6 nitrogen and oxygen atoms in total. The number of halogens is 3. The quantitative estimate of drug-likeness (QED) is 0.842. The predicted octanol–water partition coefficient (Wildman–Crippen LogP) is 3.81. The number of alkyl carbamates (subject to hydrolysis) is 1. The number of ether oxygens (including phenoxy) is 1. The van der Waals surface area contributed by atoms with Crippen LogP contribution in [-0.4, -0.2) is 28.4 Å². The van der Waals surface area contributed by atoms with Crippen molar-refractivity contribution in [3.05, 3.63) is 23.4 Å². The lowest BCUT2D eigenvalue weighted by atomic mass is 9.89. The average Bonchev–Trinajstić information content (AvgIpc) is 2.93. The number of amides is 1. The highest BCUT2D eigenvalue weighted by atomic mass is 19.4. The zero-order chi connectivity index (χ0) is 18.0. The molecular weight excluding hydrogens is 327 g/mol. The molecule has 0 saturated heterocycles. The fraction of sp³-hybridized carbons (Fsp3) is 0.667. The molecule has 0 aliphatic heterocycles. The summed E-state index contributed by atoms with van der Waals surface area (Å²) in [5.74, 6) is -1.56. The Morgan fingerprint density at radius 3 is 2.58 bits per heavy atom. The van der Waals surface area contributed by atoms with Crippen LogP contribution in [0.4, 0.5) is 18.0 Å². The lowest BCUT2D eigenvalue weighted by Crippen LogP contribution is -2.33. The summed E-state index contributed by atoms with van der Waals surface area (Å²) >= 11 is 0. The predicted molar refractivity (Wildman–Crippen MR) is 78.2 cm³/mol. The zero-order valence-electron chi connectivity index (χ0n) is 13.7. The number of carbonyl (C=O) groups excluding carboxylic acids is 1. The van der Waals surface area contributed by atoms with Crippen LogP contribution in [0, 0.1) is 0 Å². The van der Waals surface area contributed by atoms with Gasteiger partial charge in [0.1, 0.15) is 5.60 Å². The first kappa shape index (κ1) is 18.3. The van der Waals surface area contributed by atoms with Crippen LogP contribution in [0.3, 0.4) is 0 Å². The second-order valence-corrected chi connectivity index (χ2v) is 6.63. The lowest BCUT2D eigenvalue weighted by molar-refractivity contribution is -0.157. The van der Waals surface area contributed by atoms with Crippen molar-refractivity contribution in [1.82, 2.24) is 15.5 Å². The van der Waals surface area contributed by atoms with Crippen LogP contribution in [-0.2, 0) is 10.9 Å². The van der Waals surface area contributed by atoms with Crippen LogP contribution in [0.15, 0.2) is 16.1 Å². The molecule has 0 saturated carbocycles. The van der Waals surface area contributed by atoms with Crippen LogP contribution in [0.2, 0.25) is 0 Å². The molecule has 9 heteroatoms. The van der Waals surface area contributed by atoms with Gasteiger partial charge in [0, 0.05) is 12.5 Å². The Bertz CT molecular complexity index is 617. The molecule has 1 aliphatic rings. The zero-order valence-corrected chi connectivity index (χ0v) is 13.7. The van der Waals surface area contributed by atoms with Crippen molar-refractivity contribution in [1.29, 1.82) is 0 Å². The number of nitrogens with one attached hydrogen (secondary N) is 1. The van der Waals surface area contributed by atoms with Crippen molar-refractivity contribution in [2.75, 3.05) is 6.54 Å². The van der Waals surface area contributed by atoms with Gasteiger partial charge >= 0.3 is 18.2 Å². The van der Waals surface area contributed by atoms with Gasteiger partial charge in [-0.3, -0.25) is 0 Å². The minimum Gasteiger partial charge on any atom is -0.444 e. The standard InChI is InChI=1S/C15H20F3N3O3/c1-14(2,3)24-13(22)19-8-9-4-6-10(7-5-9)11-20-21-12(23-11)15(16,17)18/h4,10H,5-8H2,1-3H3,(H,19,22)/t10-/m1/s1. The largest absolute Gasteiger partial charge is 0.470 e. The molecule has 1 N–H and O–H groups in total. The van der Waals surface area contributed by atoms with E-state index in [-0.39, 0.29) is 11.8 Å². The minimum atomic E-state index is -4.63. The summed E-state index contributed by atoms with van der Waals surface area (Å²) in [5.41, 5.74) is 0.428. The summed E-state index contributed by atoms with van der Waals surface area (Å²) < 4.78 is 47.2. The van der Waals surface area contributed by atoms with E-state index < -0.39 is 23.8 Å². The monoisotopic (exact) mass is 347 g/mol. The Balaban J connectivity index is 1.85. The van der Waals surface area contributed by atoms with Crippen molar-refractivity contribution in [2.24, 2.45) is 0 Å². The topological polar surface area (TPSA) is 77.2 Å². The summed E-state index contributed by atoms with van der Waals surface area (Å²) in [6, 6.07) is 0. The van der Waals surface area contributed by atoms with Crippen molar-refractivity contribution in [3.63, 3.8) is 0 Å². The van der Waals surface area contributed by atoms with E-state index in [4.69, 9.17) is 9.15 Å². The Labute approximate surface area is 137 Å². The maximum absolute atomic E-state index is 12.5. The minimum absolute atomic E-state index is 0.00211. The number of allylic oxidation sites excluding steroid dienone is 1. The highest BCUT2D eigenvalue weighted by molar-refractivity contribution is 5.68. The highest BCUT2D eigenvalue weighted by Gasteiger charge is 2.39. The third-order valence-electron chi connectivity index (χ3n) is 3.40. The number of hydrogen-bond donors (Lipinski definition) is 1. The van der Waals surface area contributed by atoms with E-state index in [0.717, 1.165) is 5.57 Å². The molecule has 24 heavy (non-hydrogen) atoms. The molecule has 1 aromatic heterocycles. The van der Waals surface area contributed by atoms with Crippen molar-refractivity contribution >= 4 is 6.09 Å². The van der Waals surface area contributed by atoms with Crippen LogP contribution in [0.1, 0.15) is 57.7 Å². The number of carbonyl (C=O) groups is 1. The molecule has 0 aromatic carbocycles. The summed E-state index contributed by atoms with van der Waals surface area (Å²) in [7, 11) is 0. The molecule has 1 aromatic rings. The fourth-order valence-corrected chi connectivity index (χ4v) is 2.29. The average molecular weight is 347 g/mol. The summed E-state index contributed by atoms with van der Waals surface area (Å²) in [6.45, 7) is 5.67. The molecule has 2 rings (SSSR count). The number of aromatic nitrogens is 2. The first-order chi connectivity index (χ1) is 11.0. The van der Waals surface area contributed by atoms with E-state index in [2.05, 4.69) is 15.5 Å². The fourth-order valence-electron chi connectivity index (χ4n) is 2.29. The number of alkyl halides is 3. The first-order valence-electron chi connectivity index (χ1n) is 7.60. The molecular formula is C15H20F3N3O3. The van der Waals surface area contributed by atoms with Gasteiger partial charge in [0.25, 0.3) is 0 Å². The molecule has 0 fully saturated rings. The maximum Gasteiger partial charge on any atom is 0.470 e. The van der Waals surface area contributed by atoms with Gasteiger partial charge in [-0.15, -0.1) is 10.2 Å². The molecule has 0 unspecified atom stereocenters. The Hall–Kier alpha value is -2.06. The third-order valence-corrected chi connectivity index (χ3v) is 3.40. The summed E-state index contributed by atoms with van der Waals surface area (Å²) in [4.78, 5) is 11.6. The molecule has 1 aliphatic carbocycles. The van der Waals surface area contributed by atoms with Gasteiger partial charge in [-0.1, -0.05) is 11.6 Å². The molecule has 0 bridgehead atoms. The van der Waals surface area contributed by atoms with Gasteiger partial charge in [-0.05, 0) is 40.0 Å². The molecule has 134 valence electrons. The van der Waals surface area contributed by atoms with Gasteiger partial charge in [-0.25, -0.2) is 4.79 Å². The van der Waals surface area contributed by atoms with Gasteiger partial charge in [-0.2, -0.15) is 13.2 Å². The van der Waals surface area contributed by atoms with Crippen LogP contribution < -0.4 is 5.32 Å². The van der Waals surface area contributed by atoms with E-state index >= 15 is 0 Å². The smallest absolute Gasteiger partial charge is 0.444 e. The second-order valence-electron chi connectivity index (χ2n) is 6.63. The Morgan fingerprint density at radius 1 is 1.38 bits per heavy atom. The molecule has 1 amide bonds. The molecule has 0 radical (unpaired) electrons. The van der Waals surface area contributed by atoms with Gasteiger partial charge in [0.05, 0.1) is 0 Å². The normalized spacial score (nSPS) is 18.9. The Morgan fingerprint density at radius 2 is 2.08 bits per heavy atom. The van der Waals surface area contributed by atoms with Crippen molar-refractivity contribution in [2.45, 2.75) is 57.7 Å². The third kappa shape index (κ3) is 5.24. The Kier molecular flexibility index (Phi) is 5.19. The second kappa shape index (κ2) is 6.82. The molecule has 1 heterocycles. The lowest BCUT2D eigenvalue weighted by Gasteiger charge is -2.22. The van der Waals surface area contributed by atoms with Crippen molar-refractivity contribution in [3.8, 4) is 0 Å². The van der Waals surface area contributed by atoms with Crippen LogP contribution in [0.5, 0.6) is 0 Å². The van der Waals surface area contributed by atoms with E-state index in [1.54, 1.807) is 20.8 Å². The molecule has 0 spiro atoms. The first-order valence-corrected chi connectivity index (χ1v) is 7.60. The van der Waals surface area contributed by atoms with Crippen LogP contribution >= 0.6 is 0 Å². The SMILES string of the molecule is CC(C)(C)OC(=O)NCC1=CC[C@@H](c2nnc(C(F)(F)F)o2)CC1. The summed E-state index contributed by atoms with van der Waals surface area (Å²) in [5, 5.41) is 9.19. The maximum atomic E-state index is 12.5. The number of rotatable bonds is 3. The summed E-state index contributed by atoms with van der Waals surface area (Å²) in [6.07, 6.45) is -1.55. The van der Waals surface area contributed by atoms with E-state index in [9.17, 15) is 18.0 Å². The van der Waals surface area contributed by atoms with E-state index in [0.29, 0.717) is 25.8 Å². The van der Waals surface area contributed by atoms with Gasteiger partial charge in [0.15, 0.2) is 0 Å². The van der Waals surface area contributed by atoms with E-state index in [1.807, 2.05) is 6.08 Å². The number of nitrogens with zero attached hydrogens (tertiary/aromatic N) is 2. The highest BCUT2D eigenvalue weighted by Crippen LogP contribution is 2.34. The van der Waals surface area contributed by atoms with Crippen LogP contribution in [0.25, 0.3) is 0 Å². The van der Waals surface area contributed by atoms with E-state index in [1.165, 1.54) is 0 Å². The van der Waals surface area contributed by atoms with Gasteiger partial charge < -0.3 is 14.5 Å².